The first-order chi connectivity index (χ1) is 9.72. The molecule has 112 valence electrons. The van der Waals surface area contributed by atoms with Gasteiger partial charge in [-0.1, -0.05) is 0 Å². The second kappa shape index (κ2) is 4.99. The Morgan fingerprint density at radius 1 is 1.10 bits per heavy atom. The van der Waals surface area contributed by atoms with Gasteiger partial charge in [-0.2, -0.15) is 0 Å². The summed E-state index contributed by atoms with van der Waals surface area (Å²) in [5.41, 5.74) is 0. The minimum absolute atomic E-state index is 0.120. The Morgan fingerprint density at radius 3 is 2.30 bits per heavy atom. The molecule has 1 amide bonds. The van der Waals surface area contributed by atoms with Crippen molar-refractivity contribution in [1.29, 1.82) is 0 Å². The van der Waals surface area contributed by atoms with Crippen LogP contribution in [0.4, 0.5) is 0 Å². The molecule has 4 heteroatoms. The summed E-state index contributed by atoms with van der Waals surface area (Å²) >= 11 is 0. The van der Waals surface area contributed by atoms with E-state index in [9.17, 15) is 4.79 Å². The third-order valence-corrected chi connectivity index (χ3v) is 6.19. The molecule has 0 aromatic carbocycles. The molecule has 20 heavy (non-hydrogen) atoms. The number of nitrogens with zero attached hydrogens (tertiary/aromatic N) is 1. The second-order valence-electron chi connectivity index (χ2n) is 7.45. The van der Waals surface area contributed by atoms with Crippen molar-refractivity contribution in [3.8, 4) is 0 Å². The lowest BCUT2D eigenvalue weighted by Gasteiger charge is -2.56. The highest BCUT2D eigenvalue weighted by molar-refractivity contribution is 5.82. The number of nitrogens with one attached hydrogen (secondary N) is 1. The van der Waals surface area contributed by atoms with E-state index in [1.165, 1.54) is 32.1 Å². The van der Waals surface area contributed by atoms with Crippen molar-refractivity contribution >= 4 is 5.91 Å². The van der Waals surface area contributed by atoms with Crippen molar-refractivity contribution in [2.45, 2.75) is 44.2 Å². The first kappa shape index (κ1) is 13.1. The van der Waals surface area contributed by atoms with Gasteiger partial charge in [0.2, 0.25) is 5.91 Å². The Hall–Kier alpha value is -0.610. The van der Waals surface area contributed by atoms with E-state index in [1.54, 1.807) is 0 Å². The van der Waals surface area contributed by atoms with Gasteiger partial charge in [-0.25, -0.2) is 0 Å². The number of morpholine rings is 1. The van der Waals surface area contributed by atoms with Gasteiger partial charge in [-0.3, -0.25) is 4.79 Å². The molecule has 1 aliphatic heterocycles. The van der Waals surface area contributed by atoms with Crippen molar-refractivity contribution in [2.75, 3.05) is 26.8 Å². The Labute approximate surface area is 121 Å². The van der Waals surface area contributed by atoms with Gasteiger partial charge in [0.1, 0.15) is 6.04 Å². The molecule has 0 aromatic heterocycles. The third kappa shape index (κ3) is 2.08. The molecule has 5 rings (SSSR count). The lowest BCUT2D eigenvalue weighted by molar-refractivity contribution is -0.146. The Bertz CT molecular complexity index is 364. The highest BCUT2D eigenvalue weighted by Crippen LogP contribution is 2.54. The van der Waals surface area contributed by atoms with Gasteiger partial charge >= 0.3 is 0 Å². The Morgan fingerprint density at radius 2 is 1.75 bits per heavy atom. The van der Waals surface area contributed by atoms with Crippen LogP contribution in [0.2, 0.25) is 0 Å². The molecule has 0 radical (unpaired) electrons. The molecule has 4 saturated carbocycles. The van der Waals surface area contributed by atoms with Gasteiger partial charge in [0.25, 0.3) is 0 Å². The zero-order valence-corrected chi connectivity index (χ0v) is 12.4. The maximum absolute atomic E-state index is 12.7. The molecule has 1 unspecified atom stereocenters. The largest absolute Gasteiger partial charge is 0.378 e. The quantitative estimate of drug-likeness (QED) is 0.827. The second-order valence-corrected chi connectivity index (χ2v) is 7.45. The average molecular weight is 278 g/mol. The summed E-state index contributed by atoms with van der Waals surface area (Å²) in [6.45, 7) is 2.06. The maximum atomic E-state index is 12.7. The third-order valence-electron chi connectivity index (χ3n) is 6.19. The maximum Gasteiger partial charge on any atom is 0.242 e. The predicted molar refractivity (Wildman–Crippen MR) is 76.2 cm³/mol. The monoisotopic (exact) mass is 278 g/mol. The van der Waals surface area contributed by atoms with E-state index in [4.69, 9.17) is 4.74 Å². The number of rotatable bonds is 2. The molecule has 5 aliphatic rings. The zero-order chi connectivity index (χ0) is 13.7. The number of likely N-dealkylation sites (N-methyl/N-ethyl adjacent to an activating group) is 1. The van der Waals surface area contributed by atoms with Gasteiger partial charge in [-0.15, -0.1) is 0 Å². The van der Waals surface area contributed by atoms with E-state index in [1.807, 2.05) is 7.05 Å². The normalized spacial score (nSPS) is 46.5. The lowest BCUT2D eigenvalue weighted by atomic mass is 9.54. The molecule has 0 aromatic rings. The molecule has 4 bridgehead atoms. The lowest BCUT2D eigenvalue weighted by Crippen LogP contribution is -2.60. The van der Waals surface area contributed by atoms with Crippen molar-refractivity contribution in [3.63, 3.8) is 0 Å². The van der Waals surface area contributed by atoms with Crippen LogP contribution in [0.15, 0.2) is 0 Å². The van der Waals surface area contributed by atoms with Gasteiger partial charge in [-0.05, 0) is 55.8 Å². The number of hydrogen-bond acceptors (Lipinski definition) is 3. The molecular formula is C16H26N2O2. The number of carbonyl (C=O) groups excluding carboxylic acids is 1. The van der Waals surface area contributed by atoms with E-state index in [-0.39, 0.29) is 11.9 Å². The van der Waals surface area contributed by atoms with Gasteiger partial charge in [0, 0.05) is 19.6 Å². The highest BCUT2D eigenvalue weighted by atomic mass is 16.5. The molecule has 1 atom stereocenters. The van der Waals surface area contributed by atoms with Gasteiger partial charge in [0.15, 0.2) is 0 Å². The molecule has 4 aliphatic carbocycles. The van der Waals surface area contributed by atoms with Crippen molar-refractivity contribution in [1.82, 2.24) is 10.2 Å². The molecule has 0 spiro atoms. The summed E-state index contributed by atoms with van der Waals surface area (Å²) in [6.07, 6.45) is 6.93. The highest BCUT2D eigenvalue weighted by Gasteiger charge is 2.50. The van der Waals surface area contributed by atoms with E-state index < -0.39 is 0 Å². The van der Waals surface area contributed by atoms with Gasteiger partial charge in [0.05, 0.1) is 13.2 Å². The number of ether oxygens (including phenoxy) is 1. The van der Waals surface area contributed by atoms with Crippen LogP contribution < -0.4 is 5.32 Å². The van der Waals surface area contributed by atoms with E-state index in [0.717, 1.165) is 36.8 Å². The van der Waals surface area contributed by atoms with Crippen molar-refractivity contribution in [3.05, 3.63) is 0 Å². The molecule has 1 N–H and O–H groups in total. The van der Waals surface area contributed by atoms with Crippen LogP contribution in [-0.4, -0.2) is 49.7 Å². The molecule has 5 fully saturated rings. The minimum Gasteiger partial charge on any atom is -0.378 e. The first-order valence-corrected chi connectivity index (χ1v) is 8.30. The minimum atomic E-state index is -0.120. The summed E-state index contributed by atoms with van der Waals surface area (Å²) in [5, 5.41) is 3.31. The van der Waals surface area contributed by atoms with E-state index >= 15 is 0 Å². The van der Waals surface area contributed by atoms with Crippen LogP contribution in [0.5, 0.6) is 0 Å². The van der Waals surface area contributed by atoms with Crippen molar-refractivity contribution < 1.29 is 9.53 Å². The first-order valence-electron chi connectivity index (χ1n) is 8.30. The average Bonchev–Trinajstić information content (AvgIpc) is 2.46. The summed E-state index contributed by atoms with van der Waals surface area (Å²) in [5.74, 6) is 3.72. The number of amides is 1. The fourth-order valence-corrected chi connectivity index (χ4v) is 5.65. The predicted octanol–water partition coefficient (Wildman–Crippen LogP) is 1.26. The SMILES string of the molecule is CN(C(=O)C1COCCN1)C1C2CC3CC(C2)CC1C3. The van der Waals surface area contributed by atoms with Gasteiger partial charge < -0.3 is 15.0 Å². The van der Waals surface area contributed by atoms with Crippen LogP contribution in [0.25, 0.3) is 0 Å². The van der Waals surface area contributed by atoms with Crippen LogP contribution in [-0.2, 0) is 9.53 Å². The molecule has 1 saturated heterocycles. The number of carbonyl (C=O) groups is 1. The summed E-state index contributed by atoms with van der Waals surface area (Å²) in [6, 6.07) is 0.380. The topological polar surface area (TPSA) is 41.6 Å². The van der Waals surface area contributed by atoms with Crippen LogP contribution in [0.3, 0.4) is 0 Å². The molecular weight excluding hydrogens is 252 g/mol. The van der Waals surface area contributed by atoms with E-state index in [0.29, 0.717) is 12.6 Å². The van der Waals surface area contributed by atoms with E-state index in [2.05, 4.69) is 10.2 Å². The van der Waals surface area contributed by atoms with Crippen LogP contribution in [0, 0.1) is 23.7 Å². The summed E-state index contributed by atoms with van der Waals surface area (Å²) < 4.78 is 5.45. The Balaban J connectivity index is 1.47. The number of hydrogen-bond donors (Lipinski definition) is 1. The zero-order valence-electron chi connectivity index (χ0n) is 12.4. The molecule has 1 heterocycles. The smallest absolute Gasteiger partial charge is 0.242 e. The van der Waals surface area contributed by atoms with Crippen LogP contribution >= 0.6 is 0 Å². The van der Waals surface area contributed by atoms with Crippen molar-refractivity contribution in [2.24, 2.45) is 23.7 Å². The Kier molecular flexibility index (Phi) is 3.26. The van der Waals surface area contributed by atoms with Crippen LogP contribution in [0.1, 0.15) is 32.1 Å². The molecule has 4 nitrogen and oxygen atoms in total. The summed E-state index contributed by atoms with van der Waals surface area (Å²) in [7, 11) is 2.03. The standard InChI is InChI=1S/C16H26N2O2/c1-18(16(19)14-9-20-3-2-17-14)15-12-5-10-4-11(7-12)8-13(15)6-10/h10-15,17H,2-9H2,1H3. The fourth-order valence-electron chi connectivity index (χ4n) is 5.65. The fraction of sp³-hybridized carbons (Fsp3) is 0.938. The summed E-state index contributed by atoms with van der Waals surface area (Å²) in [4.78, 5) is 14.8.